The number of hydrogen-bond acceptors (Lipinski definition) is 1. The smallest absolute Gasteiger partial charge is 0.0648 e. The third-order valence-electron chi connectivity index (χ3n) is 8.48. The molecule has 0 atom stereocenters. The minimum Gasteiger partial charge on any atom is -0.374 e. The van der Waals surface area contributed by atoms with Gasteiger partial charge < -0.3 is 4.74 Å². The molecule has 28 heavy (non-hydrogen) atoms. The fourth-order valence-corrected chi connectivity index (χ4v) is 6.69. The largest absolute Gasteiger partial charge is 0.374 e. The van der Waals surface area contributed by atoms with Crippen LogP contribution in [0.3, 0.4) is 0 Å². The fraction of sp³-hybridized carbons (Fsp3) is 0.852. The van der Waals surface area contributed by atoms with E-state index in [4.69, 9.17) is 4.74 Å². The molecule has 0 aromatic heterocycles. The number of unbranched alkanes of at least 4 members (excludes halogenated alkanes) is 2. The van der Waals surface area contributed by atoms with Crippen molar-refractivity contribution in [1.29, 1.82) is 0 Å². The summed E-state index contributed by atoms with van der Waals surface area (Å²) in [6.45, 7) is 8.36. The first-order valence-electron chi connectivity index (χ1n) is 12.6. The van der Waals surface area contributed by atoms with Gasteiger partial charge in [-0.15, -0.1) is 13.2 Å². The van der Waals surface area contributed by atoms with Gasteiger partial charge in [-0.25, -0.2) is 0 Å². The molecular formula is C27H46O. The molecule has 0 amide bonds. The van der Waals surface area contributed by atoms with Crippen LogP contribution in [0.4, 0.5) is 0 Å². The highest BCUT2D eigenvalue weighted by Gasteiger charge is 2.34. The van der Waals surface area contributed by atoms with Crippen molar-refractivity contribution in [3.05, 3.63) is 25.3 Å². The van der Waals surface area contributed by atoms with Crippen LogP contribution >= 0.6 is 0 Å². The quantitative estimate of drug-likeness (QED) is 0.272. The van der Waals surface area contributed by atoms with Gasteiger partial charge in [0.25, 0.3) is 0 Å². The number of hydrogen-bond donors (Lipinski definition) is 0. The molecule has 0 radical (unpaired) electrons. The Kier molecular flexibility index (Phi) is 9.65. The summed E-state index contributed by atoms with van der Waals surface area (Å²) in [4.78, 5) is 0. The second kappa shape index (κ2) is 12.2. The van der Waals surface area contributed by atoms with E-state index in [0.717, 1.165) is 36.2 Å². The summed E-state index contributed by atoms with van der Waals surface area (Å²) >= 11 is 0. The summed E-state index contributed by atoms with van der Waals surface area (Å²) in [5.74, 6) is 5.18. The van der Waals surface area contributed by atoms with E-state index in [0.29, 0.717) is 6.10 Å². The number of ether oxygens (including phenoxy) is 1. The Hall–Kier alpha value is -0.560. The van der Waals surface area contributed by atoms with Gasteiger partial charge in [0.15, 0.2) is 0 Å². The lowest BCUT2D eigenvalue weighted by Crippen LogP contribution is -2.31. The molecule has 0 aromatic carbocycles. The highest BCUT2D eigenvalue weighted by atomic mass is 16.5. The van der Waals surface area contributed by atoms with E-state index >= 15 is 0 Å². The zero-order valence-corrected chi connectivity index (χ0v) is 18.5. The van der Waals surface area contributed by atoms with Crippen LogP contribution in [-0.2, 0) is 4.74 Å². The Morgan fingerprint density at radius 1 is 0.607 bits per heavy atom. The van der Waals surface area contributed by atoms with Crippen molar-refractivity contribution in [2.45, 2.75) is 109 Å². The topological polar surface area (TPSA) is 9.23 Å². The maximum Gasteiger partial charge on any atom is 0.0648 e. The molecule has 1 nitrogen and oxygen atoms in total. The Balaban J connectivity index is 1.30. The van der Waals surface area contributed by atoms with E-state index in [1.54, 1.807) is 0 Å². The molecule has 0 N–H and O–H groups in total. The minimum absolute atomic E-state index is 0.512. The predicted octanol–water partition coefficient (Wildman–Crippen LogP) is 8.11. The van der Waals surface area contributed by atoms with Crippen molar-refractivity contribution < 1.29 is 4.74 Å². The maximum atomic E-state index is 5.89. The first kappa shape index (κ1) is 22.1. The summed E-state index contributed by atoms with van der Waals surface area (Å²) < 4.78 is 5.89. The summed E-state index contributed by atoms with van der Waals surface area (Å²) in [5.41, 5.74) is 0. The highest BCUT2D eigenvalue weighted by Crippen LogP contribution is 2.46. The SMILES string of the molecule is C=CCCCCC1CCC(C2CCC(C3CCC(OCC=C)CC3)CC2)CC1. The summed E-state index contributed by atoms with van der Waals surface area (Å²) in [6, 6.07) is 0. The third kappa shape index (κ3) is 6.75. The van der Waals surface area contributed by atoms with Gasteiger partial charge >= 0.3 is 0 Å². The summed E-state index contributed by atoms with van der Waals surface area (Å²) in [5, 5.41) is 0. The lowest BCUT2D eigenvalue weighted by atomic mass is 9.65. The monoisotopic (exact) mass is 386 g/mol. The van der Waals surface area contributed by atoms with Crippen molar-refractivity contribution in [3.8, 4) is 0 Å². The molecule has 3 aliphatic carbocycles. The molecule has 160 valence electrons. The molecule has 0 heterocycles. The maximum absolute atomic E-state index is 5.89. The van der Waals surface area contributed by atoms with Crippen molar-refractivity contribution in [2.75, 3.05) is 6.61 Å². The van der Waals surface area contributed by atoms with Gasteiger partial charge in [-0.1, -0.05) is 37.8 Å². The van der Waals surface area contributed by atoms with Crippen molar-refractivity contribution in [1.82, 2.24) is 0 Å². The molecule has 0 saturated heterocycles. The molecule has 3 fully saturated rings. The molecule has 1 heteroatoms. The van der Waals surface area contributed by atoms with Crippen LogP contribution in [0.1, 0.15) is 103 Å². The van der Waals surface area contributed by atoms with E-state index in [1.807, 2.05) is 6.08 Å². The molecule has 0 unspecified atom stereocenters. The van der Waals surface area contributed by atoms with Gasteiger partial charge in [-0.2, -0.15) is 0 Å². The predicted molar refractivity (Wildman–Crippen MR) is 121 cm³/mol. The first-order valence-corrected chi connectivity index (χ1v) is 12.6. The van der Waals surface area contributed by atoms with Crippen molar-refractivity contribution >= 4 is 0 Å². The van der Waals surface area contributed by atoms with Crippen LogP contribution in [-0.4, -0.2) is 12.7 Å². The first-order chi connectivity index (χ1) is 13.8. The van der Waals surface area contributed by atoms with Gasteiger partial charge in [0, 0.05) is 0 Å². The van der Waals surface area contributed by atoms with E-state index in [2.05, 4.69) is 19.2 Å². The van der Waals surface area contributed by atoms with Crippen LogP contribution < -0.4 is 0 Å². The van der Waals surface area contributed by atoms with Crippen LogP contribution in [0, 0.1) is 29.6 Å². The molecule has 0 aliphatic heterocycles. The van der Waals surface area contributed by atoms with Crippen LogP contribution in [0.2, 0.25) is 0 Å². The second-order valence-electron chi connectivity index (χ2n) is 10.2. The minimum atomic E-state index is 0.512. The average molecular weight is 387 g/mol. The molecule has 3 rings (SSSR count). The van der Waals surface area contributed by atoms with Crippen LogP contribution in [0.25, 0.3) is 0 Å². The van der Waals surface area contributed by atoms with E-state index < -0.39 is 0 Å². The Bertz CT molecular complexity index is 431. The Morgan fingerprint density at radius 2 is 1.11 bits per heavy atom. The molecular weight excluding hydrogens is 340 g/mol. The molecule has 3 saturated carbocycles. The third-order valence-corrected chi connectivity index (χ3v) is 8.48. The second-order valence-corrected chi connectivity index (χ2v) is 10.2. The summed E-state index contributed by atoms with van der Waals surface area (Å²) in [6.07, 6.45) is 27.6. The highest BCUT2D eigenvalue weighted by molar-refractivity contribution is 4.86. The van der Waals surface area contributed by atoms with E-state index in [-0.39, 0.29) is 0 Å². The zero-order valence-electron chi connectivity index (χ0n) is 18.5. The lowest BCUT2D eigenvalue weighted by molar-refractivity contribution is 0.0188. The Labute approximate surface area is 175 Å². The van der Waals surface area contributed by atoms with E-state index in [1.165, 1.54) is 103 Å². The Morgan fingerprint density at radius 3 is 1.61 bits per heavy atom. The van der Waals surface area contributed by atoms with E-state index in [9.17, 15) is 0 Å². The molecule has 0 spiro atoms. The number of rotatable bonds is 10. The number of allylic oxidation sites excluding steroid dienone is 1. The summed E-state index contributed by atoms with van der Waals surface area (Å²) in [7, 11) is 0. The molecule has 0 bridgehead atoms. The molecule has 3 aliphatic rings. The fourth-order valence-electron chi connectivity index (χ4n) is 6.69. The molecule has 0 aromatic rings. The van der Waals surface area contributed by atoms with Gasteiger partial charge in [0.1, 0.15) is 0 Å². The normalized spacial score (nSPS) is 36.7. The van der Waals surface area contributed by atoms with Crippen LogP contribution in [0.15, 0.2) is 25.3 Å². The van der Waals surface area contributed by atoms with Crippen LogP contribution in [0.5, 0.6) is 0 Å². The lowest BCUT2D eigenvalue weighted by Gasteiger charge is -2.41. The van der Waals surface area contributed by atoms with Gasteiger partial charge in [0.05, 0.1) is 12.7 Å². The van der Waals surface area contributed by atoms with Gasteiger partial charge in [0.2, 0.25) is 0 Å². The van der Waals surface area contributed by atoms with Gasteiger partial charge in [-0.3, -0.25) is 0 Å². The van der Waals surface area contributed by atoms with Gasteiger partial charge in [-0.05, 0) is 107 Å². The van der Waals surface area contributed by atoms with Crippen molar-refractivity contribution in [2.24, 2.45) is 29.6 Å². The van der Waals surface area contributed by atoms with Crippen molar-refractivity contribution in [3.63, 3.8) is 0 Å². The zero-order chi connectivity index (χ0) is 19.6. The average Bonchev–Trinajstić information content (AvgIpc) is 2.76. The standard InChI is InChI=1S/C27H46O/c1-3-5-6-7-8-22-9-11-23(12-10-22)24-13-15-25(16-14-24)26-17-19-27(20-18-26)28-21-4-2/h3-4,22-27H,1-2,5-21H2.